The van der Waals surface area contributed by atoms with Gasteiger partial charge in [-0.3, -0.25) is 4.90 Å². The third-order valence-electron chi connectivity index (χ3n) is 4.58. The molecular weight excluding hydrogens is 268 g/mol. The fourth-order valence-electron chi connectivity index (χ4n) is 3.39. The van der Waals surface area contributed by atoms with Gasteiger partial charge in [-0.05, 0) is 38.1 Å². The molecule has 0 N–H and O–H groups in total. The van der Waals surface area contributed by atoms with Crippen molar-refractivity contribution in [3.8, 4) is 0 Å². The van der Waals surface area contributed by atoms with E-state index in [1.807, 2.05) is 0 Å². The monoisotopic (exact) mass is 294 g/mol. The van der Waals surface area contributed by atoms with Crippen LogP contribution in [-0.2, 0) is 13.1 Å². The van der Waals surface area contributed by atoms with Crippen LogP contribution in [0.25, 0.3) is 0 Å². The lowest BCUT2D eigenvalue weighted by atomic mass is 10.1. The maximum Gasteiger partial charge on any atom is 0.0242 e. The lowest BCUT2D eigenvalue weighted by molar-refractivity contribution is 0.180. The summed E-state index contributed by atoms with van der Waals surface area (Å²) < 4.78 is 0. The molecule has 0 unspecified atom stereocenters. The van der Waals surface area contributed by atoms with Crippen LogP contribution in [-0.4, -0.2) is 36.0 Å². The van der Waals surface area contributed by atoms with Gasteiger partial charge in [0.15, 0.2) is 0 Å². The van der Waals surface area contributed by atoms with Crippen molar-refractivity contribution in [2.24, 2.45) is 0 Å². The number of likely N-dealkylation sites (N-methyl/N-ethyl adjacent to an activating group) is 1. The van der Waals surface area contributed by atoms with Crippen LogP contribution in [0, 0.1) is 6.92 Å². The molecule has 2 aromatic carbocycles. The first kappa shape index (κ1) is 15.3. The van der Waals surface area contributed by atoms with Crippen molar-refractivity contribution in [2.45, 2.75) is 32.5 Å². The Morgan fingerprint density at radius 3 is 2.41 bits per heavy atom. The molecule has 1 aliphatic rings. The number of benzene rings is 2. The number of hydrogen-bond donors (Lipinski definition) is 0. The standard InChI is InChI=1S/C20H26N2/c1-17-7-6-10-19(13-17)15-22(20-11-12-21(2)16-20)14-18-8-4-3-5-9-18/h3-10,13,20H,11-12,14-16H2,1-2H3/t20-/m0/s1. The van der Waals surface area contributed by atoms with E-state index < -0.39 is 0 Å². The Labute approximate surface area is 134 Å². The van der Waals surface area contributed by atoms with E-state index in [2.05, 4.69) is 78.4 Å². The molecule has 1 saturated heterocycles. The smallest absolute Gasteiger partial charge is 0.0242 e. The molecule has 1 aliphatic heterocycles. The van der Waals surface area contributed by atoms with Gasteiger partial charge in [-0.1, -0.05) is 60.2 Å². The van der Waals surface area contributed by atoms with Crippen LogP contribution in [0.15, 0.2) is 54.6 Å². The highest BCUT2D eigenvalue weighted by Crippen LogP contribution is 2.20. The topological polar surface area (TPSA) is 6.48 Å². The fourth-order valence-corrected chi connectivity index (χ4v) is 3.39. The average molecular weight is 294 g/mol. The number of likely N-dealkylation sites (tertiary alicyclic amines) is 1. The normalized spacial score (nSPS) is 19.0. The van der Waals surface area contributed by atoms with Crippen LogP contribution in [0.5, 0.6) is 0 Å². The third-order valence-corrected chi connectivity index (χ3v) is 4.58. The van der Waals surface area contributed by atoms with Crippen LogP contribution >= 0.6 is 0 Å². The summed E-state index contributed by atoms with van der Waals surface area (Å²) in [4.78, 5) is 5.09. The summed E-state index contributed by atoms with van der Waals surface area (Å²) in [7, 11) is 2.23. The summed E-state index contributed by atoms with van der Waals surface area (Å²) in [6.07, 6.45) is 1.27. The predicted octanol–water partition coefficient (Wildman–Crippen LogP) is 3.70. The highest BCUT2D eigenvalue weighted by molar-refractivity contribution is 5.22. The summed E-state index contributed by atoms with van der Waals surface area (Å²) in [6.45, 7) is 6.64. The molecule has 1 fully saturated rings. The molecule has 2 aromatic rings. The van der Waals surface area contributed by atoms with E-state index >= 15 is 0 Å². The SMILES string of the molecule is Cc1cccc(CN(Cc2ccccc2)[C@H]2CCN(C)C2)c1. The molecule has 1 heterocycles. The molecule has 0 radical (unpaired) electrons. The number of aryl methyl sites for hydroxylation is 1. The fraction of sp³-hybridized carbons (Fsp3) is 0.400. The summed E-state index contributed by atoms with van der Waals surface area (Å²) in [6, 6.07) is 20.4. The van der Waals surface area contributed by atoms with Gasteiger partial charge in [0.05, 0.1) is 0 Å². The Morgan fingerprint density at radius 2 is 1.73 bits per heavy atom. The Bertz CT molecular complexity index is 594. The van der Waals surface area contributed by atoms with Crippen LogP contribution in [0.2, 0.25) is 0 Å². The highest BCUT2D eigenvalue weighted by atomic mass is 15.2. The Morgan fingerprint density at radius 1 is 1.00 bits per heavy atom. The molecule has 2 nitrogen and oxygen atoms in total. The predicted molar refractivity (Wildman–Crippen MR) is 92.8 cm³/mol. The molecule has 0 aromatic heterocycles. The lowest BCUT2D eigenvalue weighted by Crippen LogP contribution is -2.36. The van der Waals surface area contributed by atoms with Crippen molar-refractivity contribution in [1.82, 2.24) is 9.80 Å². The zero-order chi connectivity index (χ0) is 15.4. The quantitative estimate of drug-likeness (QED) is 0.829. The minimum atomic E-state index is 0.658. The second-order valence-electron chi connectivity index (χ2n) is 6.58. The van der Waals surface area contributed by atoms with Crippen molar-refractivity contribution >= 4 is 0 Å². The lowest BCUT2D eigenvalue weighted by Gasteiger charge is -2.29. The minimum absolute atomic E-state index is 0.658. The van der Waals surface area contributed by atoms with Crippen molar-refractivity contribution in [2.75, 3.05) is 20.1 Å². The molecule has 22 heavy (non-hydrogen) atoms. The summed E-state index contributed by atoms with van der Waals surface area (Å²) in [5.74, 6) is 0. The second-order valence-corrected chi connectivity index (χ2v) is 6.58. The number of rotatable bonds is 5. The Hall–Kier alpha value is -1.64. The van der Waals surface area contributed by atoms with Crippen LogP contribution in [0.3, 0.4) is 0 Å². The summed E-state index contributed by atoms with van der Waals surface area (Å²) in [5, 5.41) is 0. The van der Waals surface area contributed by atoms with Gasteiger partial charge in [0, 0.05) is 25.7 Å². The van der Waals surface area contributed by atoms with E-state index in [1.165, 1.54) is 36.2 Å². The van der Waals surface area contributed by atoms with Gasteiger partial charge in [0.25, 0.3) is 0 Å². The van der Waals surface area contributed by atoms with Gasteiger partial charge in [-0.25, -0.2) is 0 Å². The van der Waals surface area contributed by atoms with Gasteiger partial charge >= 0.3 is 0 Å². The maximum absolute atomic E-state index is 2.65. The number of nitrogens with zero attached hydrogens (tertiary/aromatic N) is 2. The van der Waals surface area contributed by atoms with E-state index in [1.54, 1.807) is 0 Å². The summed E-state index contributed by atoms with van der Waals surface area (Å²) in [5.41, 5.74) is 4.18. The van der Waals surface area contributed by atoms with Crippen LogP contribution in [0.4, 0.5) is 0 Å². The first-order valence-corrected chi connectivity index (χ1v) is 8.23. The van der Waals surface area contributed by atoms with Gasteiger partial charge < -0.3 is 4.90 Å². The van der Waals surface area contributed by atoms with Crippen LogP contribution in [0.1, 0.15) is 23.1 Å². The van der Waals surface area contributed by atoms with Gasteiger partial charge in [-0.2, -0.15) is 0 Å². The Balaban J connectivity index is 1.76. The molecule has 0 spiro atoms. The van der Waals surface area contributed by atoms with Gasteiger partial charge in [0.1, 0.15) is 0 Å². The molecule has 3 rings (SSSR count). The first-order valence-electron chi connectivity index (χ1n) is 8.23. The van der Waals surface area contributed by atoms with Crippen LogP contribution < -0.4 is 0 Å². The maximum atomic E-state index is 2.65. The molecular formula is C20H26N2. The second kappa shape index (κ2) is 7.08. The summed E-state index contributed by atoms with van der Waals surface area (Å²) >= 11 is 0. The van der Waals surface area contributed by atoms with E-state index in [0.29, 0.717) is 6.04 Å². The number of hydrogen-bond acceptors (Lipinski definition) is 2. The van der Waals surface area contributed by atoms with E-state index in [9.17, 15) is 0 Å². The molecule has 2 heteroatoms. The third kappa shape index (κ3) is 3.96. The van der Waals surface area contributed by atoms with Gasteiger partial charge in [-0.15, -0.1) is 0 Å². The zero-order valence-electron chi connectivity index (χ0n) is 13.7. The van der Waals surface area contributed by atoms with E-state index in [4.69, 9.17) is 0 Å². The molecule has 0 saturated carbocycles. The van der Waals surface area contributed by atoms with Crippen molar-refractivity contribution in [3.63, 3.8) is 0 Å². The molecule has 0 bridgehead atoms. The first-order chi connectivity index (χ1) is 10.7. The van der Waals surface area contributed by atoms with E-state index in [0.717, 1.165) is 13.1 Å². The zero-order valence-corrected chi connectivity index (χ0v) is 13.7. The van der Waals surface area contributed by atoms with Gasteiger partial charge in [0.2, 0.25) is 0 Å². The van der Waals surface area contributed by atoms with Crippen molar-refractivity contribution < 1.29 is 0 Å². The molecule has 1 atom stereocenters. The van der Waals surface area contributed by atoms with Crippen molar-refractivity contribution in [1.29, 1.82) is 0 Å². The highest BCUT2D eigenvalue weighted by Gasteiger charge is 2.25. The Kier molecular flexibility index (Phi) is 4.91. The van der Waals surface area contributed by atoms with E-state index in [-0.39, 0.29) is 0 Å². The average Bonchev–Trinajstić information content (AvgIpc) is 2.94. The molecule has 116 valence electrons. The van der Waals surface area contributed by atoms with Crippen molar-refractivity contribution in [3.05, 3.63) is 71.3 Å². The largest absolute Gasteiger partial charge is 0.305 e. The molecule has 0 amide bonds. The molecule has 0 aliphatic carbocycles. The minimum Gasteiger partial charge on any atom is -0.305 e.